The number of aliphatic hydroxyl groups is 1. The number of nitrogens with two attached hydrogens (primary N) is 1. The number of ketones is 1. The number of rotatable bonds is 16. The highest BCUT2D eigenvalue weighted by molar-refractivity contribution is 6.13. The molecule has 0 saturated carbocycles. The molecule has 5 atom stereocenters. The number of carbonyl (C=O) groups is 1. The zero-order chi connectivity index (χ0) is 31.3. The van der Waals surface area contributed by atoms with Crippen LogP contribution >= 0.6 is 0 Å². The van der Waals surface area contributed by atoms with E-state index in [9.17, 15) is 49.4 Å². The maximum Gasteiger partial charge on any atom is 0.402 e. The molecule has 0 amide bonds. The number of alkyl halides is 9. The first-order valence-electron chi connectivity index (χ1n) is 12.1. The number of hydrogen-bond donors (Lipinski definition) is 2. The van der Waals surface area contributed by atoms with Crippen LogP contribution in [-0.4, -0.2) is 79.5 Å². The van der Waals surface area contributed by atoms with Gasteiger partial charge < -0.3 is 25.1 Å². The van der Waals surface area contributed by atoms with Crippen molar-refractivity contribution in [1.82, 2.24) is 0 Å². The molecule has 0 rings (SSSR count). The fourth-order valence-electron chi connectivity index (χ4n) is 3.67. The lowest BCUT2D eigenvalue weighted by atomic mass is 9.80. The van der Waals surface area contributed by atoms with Crippen LogP contribution < -0.4 is 5.73 Å². The summed E-state index contributed by atoms with van der Waals surface area (Å²) < 4.78 is 137. The molecule has 16 heteroatoms. The van der Waals surface area contributed by atoms with Gasteiger partial charge in [-0.2, -0.15) is 39.5 Å². The van der Waals surface area contributed by atoms with Crippen molar-refractivity contribution < 1.29 is 63.6 Å². The third kappa shape index (κ3) is 12.1. The first-order chi connectivity index (χ1) is 17.2. The maximum atomic E-state index is 14.2. The van der Waals surface area contributed by atoms with Gasteiger partial charge in [0.25, 0.3) is 0 Å². The van der Waals surface area contributed by atoms with Gasteiger partial charge in [-0.25, -0.2) is 0 Å². The minimum absolute atomic E-state index is 0.268. The number of hydrogen-bond acceptors (Lipinski definition) is 6. The highest BCUT2D eigenvalue weighted by Gasteiger charge is 2.61. The van der Waals surface area contributed by atoms with E-state index < -0.39 is 97.7 Å². The fraction of sp³-hybridized carbons (Fsp3) is 0.957. The zero-order valence-corrected chi connectivity index (χ0v) is 22.7. The number of ether oxygens (including phenoxy) is 3. The monoisotopic (exact) mass is 589 g/mol. The quantitative estimate of drug-likeness (QED) is 0.146. The third-order valence-corrected chi connectivity index (χ3v) is 6.47. The van der Waals surface area contributed by atoms with Crippen LogP contribution in [0.5, 0.6) is 0 Å². The van der Waals surface area contributed by atoms with Crippen LogP contribution in [0, 0.1) is 11.8 Å². The Bertz CT molecular complexity index is 784. The van der Waals surface area contributed by atoms with Gasteiger partial charge >= 0.3 is 18.5 Å². The van der Waals surface area contributed by atoms with Crippen molar-refractivity contribution in [2.75, 3.05) is 19.8 Å². The first-order valence-corrected chi connectivity index (χ1v) is 12.1. The van der Waals surface area contributed by atoms with Gasteiger partial charge in [0.1, 0.15) is 25.1 Å². The van der Waals surface area contributed by atoms with E-state index in [0.29, 0.717) is 0 Å². The molecule has 0 aromatic heterocycles. The van der Waals surface area contributed by atoms with Crippen molar-refractivity contribution in [2.45, 2.75) is 108 Å². The van der Waals surface area contributed by atoms with E-state index in [4.69, 9.17) is 27.8 Å². The van der Waals surface area contributed by atoms with Crippen LogP contribution in [0.25, 0.3) is 0 Å². The fourth-order valence-corrected chi connectivity index (χ4v) is 3.67. The molecule has 5 unspecified atom stereocenters. The average molecular weight is 589 g/mol. The van der Waals surface area contributed by atoms with Crippen molar-refractivity contribution in [1.29, 1.82) is 0 Å². The molecule has 0 aliphatic heterocycles. The van der Waals surface area contributed by atoms with E-state index in [2.05, 4.69) is 0 Å². The Morgan fingerprint density at radius 1 is 0.821 bits per heavy atom. The van der Waals surface area contributed by atoms with Gasteiger partial charge in [0, 0.05) is 12.1 Å². The van der Waals surface area contributed by atoms with Crippen LogP contribution in [0.3, 0.4) is 0 Å². The second-order valence-electron chi connectivity index (χ2n) is 10.4. The zero-order valence-electron chi connectivity index (χ0n) is 22.7. The Balaban J connectivity index is 6.17. The molecular weight excluding hydrogens is 552 g/mol. The van der Waals surface area contributed by atoms with Crippen LogP contribution in [0.15, 0.2) is 0 Å². The summed E-state index contributed by atoms with van der Waals surface area (Å²) in [6, 6.07) is 0. The Morgan fingerprint density at radius 2 is 1.31 bits per heavy atom. The molecule has 0 spiro atoms. The Hall–Kier alpha value is -1.10. The largest absolute Gasteiger partial charge is 0.402 e. The molecule has 0 saturated heterocycles. The van der Waals surface area contributed by atoms with Crippen molar-refractivity contribution in [2.24, 2.45) is 17.6 Å². The summed E-state index contributed by atoms with van der Waals surface area (Å²) in [5.74, 6) is -7.51. The minimum Gasteiger partial charge on any atom is -0.400 e. The standard InChI is InChI=1S/C23H37BF9NO5/c1-7-18(5,38-12-10-21(25,26)27)14(22(28,29)30)13-39-20(34,8-2)15(23(31,32)33)16(35)17(3,4)37-11-9-19(6,24)36/h14-15,36H,7-13,34H2,1-6H3. The Labute approximate surface area is 223 Å². The number of halogens is 9. The topological polar surface area (TPSA) is 91.0 Å². The SMILES string of the molecule is [B]C(C)(O)CCOC(C)(C)C(=O)C(C(F)(F)F)C(N)(CC)OCC(C(F)(F)F)C(C)(CC)OCCC(F)(F)F. The van der Waals surface area contributed by atoms with E-state index in [1.807, 2.05) is 0 Å². The summed E-state index contributed by atoms with van der Waals surface area (Å²) in [4.78, 5) is 13.1. The molecule has 230 valence electrons. The van der Waals surface area contributed by atoms with E-state index in [1.54, 1.807) is 0 Å². The molecule has 2 radical (unpaired) electrons. The average Bonchev–Trinajstić information content (AvgIpc) is 2.69. The lowest BCUT2D eigenvalue weighted by Gasteiger charge is -2.43. The van der Waals surface area contributed by atoms with Gasteiger partial charge in [0.05, 0.1) is 25.2 Å². The van der Waals surface area contributed by atoms with Gasteiger partial charge in [-0.15, -0.1) is 0 Å². The molecule has 0 aliphatic carbocycles. The summed E-state index contributed by atoms with van der Waals surface area (Å²) in [7, 11) is 5.37. The Kier molecular flexibility index (Phi) is 12.9. The van der Waals surface area contributed by atoms with Crippen LogP contribution in [-0.2, 0) is 19.0 Å². The second kappa shape index (κ2) is 13.3. The van der Waals surface area contributed by atoms with E-state index in [0.717, 1.165) is 27.7 Å². The van der Waals surface area contributed by atoms with Gasteiger partial charge in [-0.3, -0.25) is 4.79 Å². The Morgan fingerprint density at radius 3 is 1.67 bits per heavy atom. The van der Waals surface area contributed by atoms with Crippen LogP contribution in [0.1, 0.15) is 67.2 Å². The van der Waals surface area contributed by atoms with E-state index >= 15 is 0 Å². The van der Waals surface area contributed by atoms with Crippen molar-refractivity contribution >= 4 is 13.6 Å². The van der Waals surface area contributed by atoms with E-state index in [1.165, 1.54) is 13.8 Å². The van der Waals surface area contributed by atoms with Crippen LogP contribution in [0.4, 0.5) is 39.5 Å². The van der Waals surface area contributed by atoms with Crippen molar-refractivity contribution in [3.05, 3.63) is 0 Å². The summed E-state index contributed by atoms with van der Waals surface area (Å²) >= 11 is 0. The molecule has 0 aromatic carbocycles. The third-order valence-electron chi connectivity index (χ3n) is 6.47. The lowest BCUT2D eigenvalue weighted by Crippen LogP contribution is -2.62. The predicted molar refractivity (Wildman–Crippen MR) is 124 cm³/mol. The minimum atomic E-state index is -5.40. The van der Waals surface area contributed by atoms with Crippen LogP contribution in [0.2, 0.25) is 0 Å². The molecule has 0 fully saturated rings. The molecular formula is C23H37BF9NO5. The highest BCUT2D eigenvalue weighted by Crippen LogP contribution is 2.43. The van der Waals surface area contributed by atoms with E-state index in [-0.39, 0.29) is 6.42 Å². The van der Waals surface area contributed by atoms with Crippen molar-refractivity contribution in [3.63, 3.8) is 0 Å². The molecule has 0 aromatic rings. The van der Waals surface area contributed by atoms with Gasteiger partial charge in [0.15, 0.2) is 11.7 Å². The molecule has 3 N–H and O–H groups in total. The normalized spacial score (nSPS) is 20.0. The molecule has 0 aliphatic rings. The lowest BCUT2D eigenvalue weighted by molar-refractivity contribution is -0.277. The summed E-state index contributed by atoms with van der Waals surface area (Å²) in [6.45, 7) is 3.16. The second-order valence-corrected chi connectivity index (χ2v) is 10.4. The number of Topliss-reactive ketones (excluding diaryl/α,β-unsaturated/α-hetero) is 1. The molecule has 6 nitrogen and oxygen atoms in total. The molecule has 0 heterocycles. The highest BCUT2D eigenvalue weighted by atomic mass is 19.4. The summed E-state index contributed by atoms with van der Waals surface area (Å²) in [5.41, 5.74) is -3.46. The summed E-state index contributed by atoms with van der Waals surface area (Å²) in [6.07, 6.45) is -18.4. The van der Waals surface area contributed by atoms with Gasteiger partial charge in [-0.05, 0) is 47.0 Å². The number of carbonyl (C=O) groups excluding carboxylic acids is 1. The molecule has 39 heavy (non-hydrogen) atoms. The predicted octanol–water partition coefficient (Wildman–Crippen LogP) is 5.19. The first kappa shape index (κ1) is 37.9. The summed E-state index contributed by atoms with van der Waals surface area (Å²) in [5, 5.41) is 9.56. The maximum absolute atomic E-state index is 14.2. The van der Waals surface area contributed by atoms with Gasteiger partial charge in [-0.1, -0.05) is 13.8 Å². The van der Waals surface area contributed by atoms with Crippen molar-refractivity contribution in [3.8, 4) is 0 Å². The molecule has 0 bridgehead atoms. The van der Waals surface area contributed by atoms with Gasteiger partial charge in [0.2, 0.25) is 0 Å². The smallest absolute Gasteiger partial charge is 0.400 e.